The van der Waals surface area contributed by atoms with Crippen molar-refractivity contribution in [1.82, 2.24) is 4.98 Å². The molecule has 0 atom stereocenters. The Labute approximate surface area is 158 Å². The molecule has 24 heavy (non-hydrogen) atoms. The first-order valence-corrected chi connectivity index (χ1v) is 9.91. The van der Waals surface area contributed by atoms with E-state index >= 15 is 0 Å². The Hall–Kier alpha value is -1.50. The number of halogens is 1. The molecule has 0 saturated carbocycles. The van der Waals surface area contributed by atoms with E-state index in [1.54, 1.807) is 37.3 Å². The highest BCUT2D eigenvalue weighted by atomic mass is 79.9. The number of aromatic nitrogens is 1. The first-order valence-electron chi connectivity index (χ1n) is 7.25. The van der Waals surface area contributed by atoms with Crippen molar-refractivity contribution in [3.05, 3.63) is 58.0 Å². The van der Waals surface area contributed by atoms with Crippen molar-refractivity contribution < 1.29 is 9.47 Å². The SMILES string of the molecule is COc1ccc(-c2nc(CSc3ccccc3Br)cs2)cc1OC. The van der Waals surface area contributed by atoms with Crippen molar-refractivity contribution in [2.24, 2.45) is 0 Å². The van der Waals surface area contributed by atoms with Crippen molar-refractivity contribution >= 4 is 39.0 Å². The van der Waals surface area contributed by atoms with E-state index in [1.165, 1.54) is 4.90 Å². The van der Waals surface area contributed by atoms with Crippen LogP contribution in [0, 0.1) is 0 Å². The summed E-state index contributed by atoms with van der Waals surface area (Å²) < 4.78 is 11.8. The van der Waals surface area contributed by atoms with Gasteiger partial charge in [0.1, 0.15) is 5.01 Å². The molecule has 3 rings (SSSR count). The van der Waals surface area contributed by atoms with E-state index in [9.17, 15) is 0 Å². The number of benzene rings is 2. The number of rotatable bonds is 6. The van der Waals surface area contributed by atoms with Crippen molar-refractivity contribution in [1.29, 1.82) is 0 Å². The van der Waals surface area contributed by atoms with Crippen molar-refractivity contribution in [3.63, 3.8) is 0 Å². The molecular weight excluding hydrogens is 406 g/mol. The molecule has 1 aromatic heterocycles. The average molecular weight is 422 g/mol. The minimum absolute atomic E-state index is 0.717. The van der Waals surface area contributed by atoms with E-state index in [4.69, 9.17) is 14.5 Å². The third-order valence-corrected chi connectivity index (χ3v) is 6.40. The van der Waals surface area contributed by atoms with Crippen molar-refractivity contribution in [2.45, 2.75) is 10.6 Å². The zero-order valence-corrected chi connectivity index (χ0v) is 16.5. The molecule has 0 fully saturated rings. The van der Waals surface area contributed by atoms with E-state index in [0.717, 1.165) is 32.2 Å². The summed E-state index contributed by atoms with van der Waals surface area (Å²) in [4.78, 5) is 5.96. The lowest BCUT2D eigenvalue weighted by Crippen LogP contribution is -1.90. The van der Waals surface area contributed by atoms with Gasteiger partial charge in [0.25, 0.3) is 0 Å². The summed E-state index contributed by atoms with van der Waals surface area (Å²) >= 11 is 6.99. The number of hydrogen-bond acceptors (Lipinski definition) is 5. The van der Waals surface area contributed by atoms with Crippen LogP contribution in [0.1, 0.15) is 5.69 Å². The van der Waals surface area contributed by atoms with Gasteiger partial charge in [-0.1, -0.05) is 12.1 Å². The highest BCUT2D eigenvalue weighted by Crippen LogP contribution is 2.35. The first-order chi connectivity index (χ1) is 11.7. The topological polar surface area (TPSA) is 31.4 Å². The highest BCUT2D eigenvalue weighted by Gasteiger charge is 2.10. The van der Waals surface area contributed by atoms with E-state index < -0.39 is 0 Å². The van der Waals surface area contributed by atoms with E-state index in [-0.39, 0.29) is 0 Å². The smallest absolute Gasteiger partial charge is 0.161 e. The Morgan fingerprint density at radius 3 is 2.62 bits per heavy atom. The van der Waals surface area contributed by atoms with Crippen LogP contribution in [0.25, 0.3) is 10.6 Å². The largest absolute Gasteiger partial charge is 0.493 e. The minimum Gasteiger partial charge on any atom is -0.493 e. The molecule has 0 spiro atoms. The lowest BCUT2D eigenvalue weighted by molar-refractivity contribution is 0.355. The number of thiazole rings is 1. The van der Waals surface area contributed by atoms with Gasteiger partial charge in [-0.05, 0) is 46.3 Å². The Kier molecular flexibility index (Phi) is 5.81. The second-order valence-electron chi connectivity index (χ2n) is 4.93. The van der Waals surface area contributed by atoms with Gasteiger partial charge in [0.15, 0.2) is 11.5 Å². The van der Waals surface area contributed by atoms with Crippen LogP contribution in [0.3, 0.4) is 0 Å². The second-order valence-corrected chi connectivity index (χ2v) is 7.66. The second kappa shape index (κ2) is 8.05. The summed E-state index contributed by atoms with van der Waals surface area (Å²) in [5.74, 6) is 2.28. The van der Waals surface area contributed by atoms with Crippen LogP contribution >= 0.6 is 39.0 Å². The molecule has 1 heterocycles. The highest BCUT2D eigenvalue weighted by molar-refractivity contribution is 9.10. The molecule has 6 heteroatoms. The molecule has 0 bridgehead atoms. The third kappa shape index (κ3) is 3.94. The summed E-state index contributed by atoms with van der Waals surface area (Å²) in [6, 6.07) is 14.1. The fourth-order valence-electron chi connectivity index (χ4n) is 2.19. The van der Waals surface area contributed by atoms with Gasteiger partial charge in [-0.15, -0.1) is 23.1 Å². The molecule has 0 amide bonds. The summed E-state index contributed by atoms with van der Waals surface area (Å²) in [5, 5.41) is 3.09. The minimum atomic E-state index is 0.717. The quantitative estimate of drug-likeness (QED) is 0.464. The van der Waals surface area contributed by atoms with Gasteiger partial charge in [0.05, 0.1) is 19.9 Å². The maximum Gasteiger partial charge on any atom is 0.161 e. The molecule has 0 unspecified atom stereocenters. The monoisotopic (exact) mass is 421 g/mol. The summed E-state index contributed by atoms with van der Waals surface area (Å²) in [5.41, 5.74) is 2.11. The average Bonchev–Trinajstić information content (AvgIpc) is 3.09. The molecule has 0 N–H and O–H groups in total. The number of methoxy groups -OCH3 is 2. The third-order valence-electron chi connectivity index (χ3n) is 3.39. The number of hydrogen-bond donors (Lipinski definition) is 0. The molecule has 0 aliphatic carbocycles. The van der Waals surface area contributed by atoms with Gasteiger partial charge >= 0.3 is 0 Å². The Balaban J connectivity index is 1.75. The first kappa shape index (κ1) is 17.3. The van der Waals surface area contributed by atoms with Gasteiger partial charge in [-0.25, -0.2) is 4.98 Å². The van der Waals surface area contributed by atoms with E-state index in [2.05, 4.69) is 33.4 Å². The molecule has 3 aromatic rings. The number of thioether (sulfide) groups is 1. The lowest BCUT2D eigenvalue weighted by atomic mass is 10.2. The Morgan fingerprint density at radius 1 is 1.08 bits per heavy atom. The van der Waals surface area contributed by atoms with Crippen LogP contribution in [0.5, 0.6) is 11.5 Å². The predicted octanol–water partition coefficient (Wildman–Crippen LogP) is 5.88. The fourth-order valence-corrected chi connectivity index (χ4v) is 4.57. The normalized spacial score (nSPS) is 10.6. The summed E-state index contributed by atoms with van der Waals surface area (Å²) in [6.07, 6.45) is 0. The molecule has 2 aromatic carbocycles. The van der Waals surface area contributed by atoms with Crippen molar-refractivity contribution in [3.8, 4) is 22.1 Å². The van der Waals surface area contributed by atoms with Crippen LogP contribution in [-0.2, 0) is 5.75 Å². The molecule has 3 nitrogen and oxygen atoms in total. The van der Waals surface area contributed by atoms with Crippen LogP contribution in [0.4, 0.5) is 0 Å². The summed E-state index contributed by atoms with van der Waals surface area (Å²) in [7, 11) is 3.28. The Bertz CT molecular complexity index is 835. The van der Waals surface area contributed by atoms with Gasteiger partial charge in [0, 0.05) is 26.1 Å². The number of ether oxygens (including phenoxy) is 2. The molecule has 0 aliphatic heterocycles. The van der Waals surface area contributed by atoms with Crippen LogP contribution < -0.4 is 9.47 Å². The van der Waals surface area contributed by atoms with Crippen LogP contribution in [0.15, 0.2) is 57.2 Å². The molecular formula is C18H16BrNO2S2. The molecule has 0 saturated heterocycles. The predicted molar refractivity (Wildman–Crippen MR) is 104 cm³/mol. The standard InChI is InChI=1S/C18H16BrNO2S2/c1-21-15-8-7-12(9-16(15)22-2)18-20-13(11-24-18)10-23-17-6-4-3-5-14(17)19/h3-9,11H,10H2,1-2H3. The maximum atomic E-state index is 5.37. The fraction of sp³-hybridized carbons (Fsp3) is 0.167. The van der Waals surface area contributed by atoms with E-state index in [0.29, 0.717) is 5.75 Å². The molecule has 124 valence electrons. The Morgan fingerprint density at radius 2 is 1.88 bits per heavy atom. The maximum absolute atomic E-state index is 5.37. The molecule has 0 radical (unpaired) electrons. The molecule has 0 aliphatic rings. The number of nitrogens with zero attached hydrogens (tertiary/aromatic N) is 1. The van der Waals surface area contributed by atoms with Gasteiger partial charge in [-0.2, -0.15) is 0 Å². The van der Waals surface area contributed by atoms with E-state index in [1.807, 2.05) is 30.3 Å². The lowest BCUT2D eigenvalue weighted by Gasteiger charge is -2.08. The zero-order valence-electron chi connectivity index (χ0n) is 13.3. The van der Waals surface area contributed by atoms with Gasteiger partial charge in [-0.3, -0.25) is 0 Å². The van der Waals surface area contributed by atoms with Gasteiger partial charge in [0.2, 0.25) is 0 Å². The van der Waals surface area contributed by atoms with Crippen molar-refractivity contribution in [2.75, 3.05) is 14.2 Å². The van der Waals surface area contributed by atoms with Crippen LogP contribution in [0.2, 0.25) is 0 Å². The van der Waals surface area contributed by atoms with Crippen LogP contribution in [-0.4, -0.2) is 19.2 Å². The summed E-state index contributed by atoms with van der Waals surface area (Å²) in [6.45, 7) is 0. The van der Waals surface area contributed by atoms with Gasteiger partial charge < -0.3 is 9.47 Å². The zero-order chi connectivity index (χ0) is 16.9.